The lowest BCUT2D eigenvalue weighted by Crippen LogP contribution is -2.32. The first-order chi connectivity index (χ1) is 7.26. The van der Waals surface area contributed by atoms with Crippen LogP contribution in [0.1, 0.15) is 60.8 Å². The van der Waals surface area contributed by atoms with Gasteiger partial charge in [0.2, 0.25) is 0 Å². The molecule has 0 amide bonds. The van der Waals surface area contributed by atoms with Crippen LogP contribution in [0.5, 0.6) is 0 Å². The average Bonchev–Trinajstić information content (AvgIpc) is 2.08. The Morgan fingerprint density at radius 2 is 1.88 bits per heavy atom. The fraction of sp³-hybridized carbons (Fsp3) is 0.867. The van der Waals surface area contributed by atoms with E-state index in [2.05, 4.69) is 53.4 Å². The van der Waals surface area contributed by atoms with Crippen molar-refractivity contribution in [2.24, 2.45) is 11.3 Å². The van der Waals surface area contributed by atoms with E-state index >= 15 is 0 Å². The quantitative estimate of drug-likeness (QED) is 0.634. The SMILES string of the molecule is C=C(C)C(CC(C)CC(C)(C)C)NCCC. The van der Waals surface area contributed by atoms with E-state index < -0.39 is 0 Å². The fourth-order valence-corrected chi connectivity index (χ4v) is 2.31. The number of hydrogen-bond donors (Lipinski definition) is 1. The fourth-order valence-electron chi connectivity index (χ4n) is 2.31. The molecule has 0 radical (unpaired) electrons. The maximum atomic E-state index is 4.10. The summed E-state index contributed by atoms with van der Waals surface area (Å²) in [6, 6.07) is 0.497. The van der Waals surface area contributed by atoms with E-state index in [9.17, 15) is 0 Å². The van der Waals surface area contributed by atoms with E-state index in [4.69, 9.17) is 0 Å². The third-order valence-electron chi connectivity index (χ3n) is 2.83. The van der Waals surface area contributed by atoms with Crippen LogP contribution in [0, 0.1) is 11.3 Å². The van der Waals surface area contributed by atoms with Gasteiger partial charge in [-0.15, -0.1) is 0 Å². The van der Waals surface area contributed by atoms with Gasteiger partial charge in [-0.3, -0.25) is 0 Å². The van der Waals surface area contributed by atoms with Gasteiger partial charge in [0.1, 0.15) is 0 Å². The summed E-state index contributed by atoms with van der Waals surface area (Å²) in [6.45, 7) is 18.8. The predicted molar refractivity (Wildman–Crippen MR) is 74.7 cm³/mol. The van der Waals surface area contributed by atoms with Gasteiger partial charge in [0.15, 0.2) is 0 Å². The molecule has 0 rings (SSSR count). The first kappa shape index (κ1) is 15.7. The van der Waals surface area contributed by atoms with E-state index in [0.29, 0.717) is 11.5 Å². The van der Waals surface area contributed by atoms with E-state index in [1.54, 1.807) is 0 Å². The third-order valence-corrected chi connectivity index (χ3v) is 2.83. The molecule has 0 aromatic rings. The Kier molecular flexibility index (Phi) is 6.98. The Balaban J connectivity index is 4.13. The first-order valence-corrected chi connectivity index (χ1v) is 6.65. The summed E-state index contributed by atoms with van der Waals surface area (Å²) in [5, 5.41) is 3.59. The first-order valence-electron chi connectivity index (χ1n) is 6.65. The molecule has 0 fully saturated rings. The summed E-state index contributed by atoms with van der Waals surface area (Å²) in [7, 11) is 0. The average molecular weight is 225 g/mol. The zero-order valence-corrected chi connectivity index (χ0v) is 12.2. The third kappa shape index (κ3) is 7.92. The van der Waals surface area contributed by atoms with Gasteiger partial charge >= 0.3 is 0 Å². The van der Waals surface area contributed by atoms with Gasteiger partial charge in [0, 0.05) is 6.04 Å². The molecular weight excluding hydrogens is 194 g/mol. The van der Waals surface area contributed by atoms with E-state index in [-0.39, 0.29) is 0 Å². The van der Waals surface area contributed by atoms with Crippen LogP contribution < -0.4 is 5.32 Å². The minimum atomic E-state index is 0.434. The molecule has 0 aliphatic carbocycles. The molecule has 0 aromatic heterocycles. The largest absolute Gasteiger partial charge is 0.310 e. The van der Waals surface area contributed by atoms with Crippen molar-refractivity contribution in [3.63, 3.8) is 0 Å². The second-order valence-corrected chi connectivity index (χ2v) is 6.46. The summed E-state index contributed by atoms with van der Waals surface area (Å²) in [5.41, 5.74) is 1.71. The van der Waals surface area contributed by atoms with Gasteiger partial charge in [-0.05, 0) is 44.1 Å². The van der Waals surface area contributed by atoms with Crippen molar-refractivity contribution in [1.82, 2.24) is 5.32 Å². The molecule has 0 spiro atoms. The maximum absolute atomic E-state index is 4.10. The lowest BCUT2D eigenvalue weighted by molar-refractivity contribution is 0.282. The normalized spacial score (nSPS) is 15.9. The Hall–Kier alpha value is -0.300. The monoisotopic (exact) mass is 225 g/mol. The van der Waals surface area contributed by atoms with Gasteiger partial charge in [-0.1, -0.05) is 46.8 Å². The van der Waals surface area contributed by atoms with Crippen molar-refractivity contribution < 1.29 is 0 Å². The van der Waals surface area contributed by atoms with Crippen LogP contribution in [0.25, 0.3) is 0 Å². The Bertz CT molecular complexity index is 200. The van der Waals surface area contributed by atoms with Gasteiger partial charge in [-0.2, -0.15) is 0 Å². The molecule has 1 nitrogen and oxygen atoms in total. The molecule has 1 heteroatoms. The summed E-state index contributed by atoms with van der Waals surface area (Å²) in [4.78, 5) is 0. The number of hydrogen-bond acceptors (Lipinski definition) is 1. The minimum absolute atomic E-state index is 0.434. The van der Waals surface area contributed by atoms with Crippen LogP contribution in [-0.2, 0) is 0 Å². The second kappa shape index (κ2) is 7.11. The minimum Gasteiger partial charge on any atom is -0.310 e. The number of rotatable bonds is 7. The summed E-state index contributed by atoms with van der Waals surface area (Å²) < 4.78 is 0. The highest BCUT2D eigenvalue weighted by Gasteiger charge is 2.19. The summed E-state index contributed by atoms with van der Waals surface area (Å²) >= 11 is 0. The maximum Gasteiger partial charge on any atom is 0.0276 e. The highest BCUT2D eigenvalue weighted by molar-refractivity contribution is 5.01. The Morgan fingerprint density at radius 3 is 2.25 bits per heavy atom. The van der Waals surface area contributed by atoms with Crippen LogP contribution in [0.3, 0.4) is 0 Å². The summed E-state index contributed by atoms with van der Waals surface area (Å²) in [6.07, 6.45) is 3.69. The standard InChI is InChI=1S/C15H31N/c1-8-9-16-14(12(2)3)10-13(4)11-15(5,6)7/h13-14,16H,2,8-11H2,1,3-7H3. The molecule has 0 aliphatic heterocycles. The molecular formula is C15H31N. The van der Waals surface area contributed by atoms with Crippen molar-refractivity contribution in [2.45, 2.75) is 66.8 Å². The van der Waals surface area contributed by atoms with Crippen molar-refractivity contribution in [3.05, 3.63) is 12.2 Å². The van der Waals surface area contributed by atoms with E-state index in [1.165, 1.54) is 24.8 Å². The lowest BCUT2D eigenvalue weighted by Gasteiger charge is -2.27. The van der Waals surface area contributed by atoms with Crippen LogP contribution in [0.4, 0.5) is 0 Å². The molecule has 0 bridgehead atoms. The number of nitrogens with one attached hydrogen (secondary N) is 1. The van der Waals surface area contributed by atoms with Crippen molar-refractivity contribution in [3.8, 4) is 0 Å². The highest BCUT2D eigenvalue weighted by Crippen LogP contribution is 2.27. The van der Waals surface area contributed by atoms with Crippen molar-refractivity contribution >= 4 is 0 Å². The zero-order valence-electron chi connectivity index (χ0n) is 12.2. The molecule has 0 saturated heterocycles. The van der Waals surface area contributed by atoms with E-state index in [1.807, 2.05) is 0 Å². The van der Waals surface area contributed by atoms with Gasteiger partial charge in [0.25, 0.3) is 0 Å². The molecule has 0 aliphatic rings. The van der Waals surface area contributed by atoms with Crippen molar-refractivity contribution in [2.75, 3.05) is 6.54 Å². The topological polar surface area (TPSA) is 12.0 Å². The second-order valence-electron chi connectivity index (χ2n) is 6.46. The predicted octanol–water partition coefficient (Wildman–Crippen LogP) is 4.39. The molecule has 1 N–H and O–H groups in total. The molecule has 16 heavy (non-hydrogen) atoms. The molecule has 0 aromatic carbocycles. The zero-order chi connectivity index (χ0) is 12.8. The highest BCUT2D eigenvalue weighted by atomic mass is 14.9. The van der Waals surface area contributed by atoms with Crippen LogP contribution >= 0.6 is 0 Å². The molecule has 2 unspecified atom stereocenters. The van der Waals surface area contributed by atoms with Gasteiger partial charge in [0.05, 0.1) is 0 Å². The molecule has 0 heterocycles. The Morgan fingerprint density at radius 1 is 1.31 bits per heavy atom. The van der Waals surface area contributed by atoms with Gasteiger partial charge < -0.3 is 5.32 Å². The van der Waals surface area contributed by atoms with Crippen molar-refractivity contribution in [1.29, 1.82) is 0 Å². The smallest absolute Gasteiger partial charge is 0.0276 e. The lowest BCUT2D eigenvalue weighted by atomic mass is 9.82. The van der Waals surface area contributed by atoms with Crippen LogP contribution in [-0.4, -0.2) is 12.6 Å². The Labute approximate surface area is 103 Å². The summed E-state index contributed by atoms with van der Waals surface area (Å²) in [5.74, 6) is 0.756. The molecule has 96 valence electrons. The van der Waals surface area contributed by atoms with Crippen LogP contribution in [0.2, 0.25) is 0 Å². The van der Waals surface area contributed by atoms with Gasteiger partial charge in [-0.25, -0.2) is 0 Å². The molecule has 2 atom stereocenters. The van der Waals surface area contributed by atoms with E-state index in [0.717, 1.165) is 12.5 Å². The van der Waals surface area contributed by atoms with Crippen LogP contribution in [0.15, 0.2) is 12.2 Å². The molecule has 0 saturated carbocycles.